The Labute approximate surface area is 77.8 Å². The molecule has 0 heterocycles. The molecule has 0 aliphatic heterocycles. The summed E-state index contributed by atoms with van der Waals surface area (Å²) in [6.45, 7) is 2.51. The van der Waals surface area contributed by atoms with E-state index in [1.54, 1.807) is 0 Å². The topological polar surface area (TPSA) is 62.2 Å². The van der Waals surface area contributed by atoms with Crippen molar-refractivity contribution in [2.75, 3.05) is 0 Å². The maximum atomic E-state index is 6.83. The van der Waals surface area contributed by atoms with Crippen molar-refractivity contribution >= 4 is 11.7 Å². The number of hydrogen-bond acceptors (Lipinski definition) is 3. The molecule has 68 valence electrons. The Kier molecular flexibility index (Phi) is 3.38. The number of aryl methyl sites for hydroxylation is 1. The van der Waals surface area contributed by atoms with E-state index in [1.807, 2.05) is 18.2 Å². The summed E-state index contributed by atoms with van der Waals surface area (Å²) in [5.74, 6) is 0. The van der Waals surface area contributed by atoms with E-state index in [0.717, 1.165) is 23.2 Å². The number of para-hydroxylation sites is 1. The molecule has 0 bridgehead atoms. The van der Waals surface area contributed by atoms with Gasteiger partial charge in [0.25, 0.3) is 0 Å². The highest BCUT2D eigenvalue weighted by Gasteiger charge is 2.03. The standard InChI is InChI=1S/C10H13N3/c1-2-8-4-3-5-9(6-11)10(8)13-7-12/h3-5,12H,2,6,11H2,1H3. The molecule has 0 radical (unpaired) electrons. The lowest BCUT2D eigenvalue weighted by atomic mass is 10.1. The van der Waals surface area contributed by atoms with Gasteiger partial charge in [-0.3, -0.25) is 0 Å². The van der Waals surface area contributed by atoms with Crippen molar-refractivity contribution in [1.82, 2.24) is 0 Å². The molecule has 0 saturated heterocycles. The van der Waals surface area contributed by atoms with Crippen LogP contribution in [0, 0.1) is 5.41 Å². The van der Waals surface area contributed by atoms with Gasteiger partial charge in [-0.25, -0.2) is 5.41 Å². The van der Waals surface area contributed by atoms with E-state index in [-0.39, 0.29) is 0 Å². The molecule has 3 nitrogen and oxygen atoms in total. The van der Waals surface area contributed by atoms with Crippen LogP contribution in [0.1, 0.15) is 18.1 Å². The van der Waals surface area contributed by atoms with Crippen molar-refractivity contribution in [3.8, 4) is 0 Å². The van der Waals surface area contributed by atoms with Crippen LogP contribution < -0.4 is 5.73 Å². The Morgan fingerprint density at radius 1 is 1.46 bits per heavy atom. The second-order valence-electron chi connectivity index (χ2n) is 2.71. The molecule has 13 heavy (non-hydrogen) atoms. The third kappa shape index (κ3) is 2.02. The Bertz CT molecular complexity index is 316. The molecule has 3 N–H and O–H groups in total. The highest BCUT2D eigenvalue weighted by atomic mass is 14.8. The van der Waals surface area contributed by atoms with E-state index in [1.165, 1.54) is 0 Å². The quantitative estimate of drug-likeness (QED) is 0.679. The zero-order valence-electron chi connectivity index (χ0n) is 7.67. The highest BCUT2D eigenvalue weighted by Crippen LogP contribution is 2.23. The maximum Gasteiger partial charge on any atom is 0.0918 e. The summed E-state index contributed by atoms with van der Waals surface area (Å²) in [4.78, 5) is 3.88. The van der Waals surface area contributed by atoms with E-state index in [4.69, 9.17) is 11.1 Å². The molecule has 0 fully saturated rings. The molecule has 0 amide bonds. The Morgan fingerprint density at radius 3 is 2.69 bits per heavy atom. The molecule has 1 aromatic carbocycles. The van der Waals surface area contributed by atoms with E-state index in [0.29, 0.717) is 6.54 Å². The Morgan fingerprint density at radius 2 is 2.15 bits per heavy atom. The molecule has 0 aliphatic rings. The summed E-state index contributed by atoms with van der Waals surface area (Å²) in [5, 5.41) is 6.83. The fraction of sp³-hybridized carbons (Fsp3) is 0.300. The molecule has 0 aromatic heterocycles. The number of aliphatic imine (C=N–C) groups is 1. The first-order chi connectivity index (χ1) is 6.33. The van der Waals surface area contributed by atoms with Gasteiger partial charge in [-0.1, -0.05) is 25.1 Å². The van der Waals surface area contributed by atoms with Gasteiger partial charge >= 0.3 is 0 Å². The summed E-state index contributed by atoms with van der Waals surface area (Å²) >= 11 is 0. The summed E-state index contributed by atoms with van der Waals surface area (Å²) in [7, 11) is 0. The fourth-order valence-electron chi connectivity index (χ4n) is 1.29. The summed E-state index contributed by atoms with van der Waals surface area (Å²) < 4.78 is 0. The van der Waals surface area contributed by atoms with Gasteiger partial charge in [0, 0.05) is 6.54 Å². The van der Waals surface area contributed by atoms with Crippen molar-refractivity contribution in [2.24, 2.45) is 10.7 Å². The van der Waals surface area contributed by atoms with Crippen LogP contribution in [-0.2, 0) is 13.0 Å². The van der Waals surface area contributed by atoms with Crippen molar-refractivity contribution in [2.45, 2.75) is 19.9 Å². The predicted octanol–water partition coefficient (Wildman–Crippen LogP) is 2.09. The Balaban J connectivity index is 3.28. The zero-order chi connectivity index (χ0) is 9.68. The Hall–Kier alpha value is -1.44. The van der Waals surface area contributed by atoms with Crippen LogP contribution in [0.25, 0.3) is 0 Å². The van der Waals surface area contributed by atoms with Crippen LogP contribution in [0.15, 0.2) is 23.2 Å². The van der Waals surface area contributed by atoms with E-state index >= 15 is 0 Å². The lowest BCUT2D eigenvalue weighted by molar-refractivity contribution is 1.04. The summed E-state index contributed by atoms with van der Waals surface area (Å²) in [5.41, 5.74) is 8.45. The number of nitrogens with zero attached hydrogens (tertiary/aromatic N) is 1. The molecule has 1 rings (SSSR count). The van der Waals surface area contributed by atoms with Crippen LogP contribution in [0.2, 0.25) is 0 Å². The van der Waals surface area contributed by atoms with Gasteiger partial charge in [-0.15, -0.1) is 0 Å². The average molecular weight is 175 g/mol. The average Bonchev–Trinajstić information content (AvgIpc) is 2.18. The third-order valence-electron chi connectivity index (χ3n) is 1.97. The first-order valence-electron chi connectivity index (χ1n) is 4.26. The largest absolute Gasteiger partial charge is 0.326 e. The van der Waals surface area contributed by atoms with Crippen LogP contribution in [0.4, 0.5) is 5.69 Å². The minimum absolute atomic E-state index is 0.453. The number of nitrogens with one attached hydrogen (secondary N) is 1. The molecule has 0 aliphatic carbocycles. The van der Waals surface area contributed by atoms with Crippen LogP contribution in [0.5, 0.6) is 0 Å². The number of hydrogen-bond donors (Lipinski definition) is 2. The van der Waals surface area contributed by atoms with Gasteiger partial charge in [-0.05, 0) is 17.5 Å². The van der Waals surface area contributed by atoms with Crippen LogP contribution in [-0.4, -0.2) is 6.01 Å². The van der Waals surface area contributed by atoms with Crippen molar-refractivity contribution in [1.29, 1.82) is 5.41 Å². The molecule has 0 saturated carbocycles. The number of benzene rings is 1. The van der Waals surface area contributed by atoms with E-state index < -0.39 is 0 Å². The minimum atomic E-state index is 0.453. The SMILES string of the molecule is CCc1cccc(CN)c1N=C=N. The van der Waals surface area contributed by atoms with Crippen molar-refractivity contribution in [3.63, 3.8) is 0 Å². The summed E-state index contributed by atoms with van der Waals surface area (Å²) in [6.07, 6.45) is 0.897. The first-order valence-corrected chi connectivity index (χ1v) is 4.26. The summed E-state index contributed by atoms with van der Waals surface area (Å²) in [6, 6.07) is 7.94. The van der Waals surface area contributed by atoms with E-state index in [9.17, 15) is 0 Å². The van der Waals surface area contributed by atoms with Gasteiger partial charge in [0.05, 0.1) is 11.7 Å². The first kappa shape index (κ1) is 9.65. The predicted molar refractivity (Wildman–Crippen MR) is 53.5 cm³/mol. The second kappa shape index (κ2) is 4.55. The third-order valence-corrected chi connectivity index (χ3v) is 1.97. The van der Waals surface area contributed by atoms with Crippen LogP contribution >= 0.6 is 0 Å². The van der Waals surface area contributed by atoms with Gasteiger partial charge in [0.15, 0.2) is 0 Å². The lowest BCUT2D eigenvalue weighted by Crippen LogP contribution is -1.98. The lowest BCUT2D eigenvalue weighted by Gasteiger charge is -2.06. The van der Waals surface area contributed by atoms with Gasteiger partial charge in [0.2, 0.25) is 0 Å². The maximum absolute atomic E-state index is 6.83. The number of rotatable bonds is 3. The van der Waals surface area contributed by atoms with Crippen LogP contribution in [0.3, 0.4) is 0 Å². The zero-order valence-corrected chi connectivity index (χ0v) is 7.67. The normalized spacial score (nSPS) is 9.38. The van der Waals surface area contributed by atoms with Gasteiger partial charge < -0.3 is 5.73 Å². The van der Waals surface area contributed by atoms with E-state index in [2.05, 4.69) is 17.9 Å². The molecular weight excluding hydrogens is 162 g/mol. The van der Waals surface area contributed by atoms with Crippen molar-refractivity contribution < 1.29 is 0 Å². The highest BCUT2D eigenvalue weighted by molar-refractivity contribution is 5.59. The molecule has 0 unspecified atom stereocenters. The minimum Gasteiger partial charge on any atom is -0.326 e. The fourth-order valence-corrected chi connectivity index (χ4v) is 1.29. The molecular formula is C10H13N3. The molecule has 0 spiro atoms. The molecule has 1 aromatic rings. The molecule has 3 heteroatoms. The molecule has 0 atom stereocenters. The second-order valence-corrected chi connectivity index (χ2v) is 2.71. The monoisotopic (exact) mass is 175 g/mol. The smallest absolute Gasteiger partial charge is 0.0918 e. The van der Waals surface area contributed by atoms with Gasteiger partial charge in [-0.2, -0.15) is 4.99 Å². The number of nitrogens with two attached hydrogens (primary N) is 1. The van der Waals surface area contributed by atoms with Gasteiger partial charge in [0.1, 0.15) is 0 Å². The van der Waals surface area contributed by atoms with Crippen molar-refractivity contribution in [3.05, 3.63) is 29.3 Å².